The Morgan fingerprint density at radius 2 is 2.12 bits per heavy atom. The van der Waals surface area contributed by atoms with E-state index in [1.54, 1.807) is 0 Å². The summed E-state index contributed by atoms with van der Waals surface area (Å²) >= 11 is 0. The molecule has 0 aliphatic carbocycles. The summed E-state index contributed by atoms with van der Waals surface area (Å²) in [6, 6.07) is 0. The van der Waals surface area contributed by atoms with Gasteiger partial charge >= 0.3 is 5.97 Å². The van der Waals surface area contributed by atoms with Gasteiger partial charge < -0.3 is 9.47 Å². The number of unbranched alkanes of at least 4 members (excludes halogenated alkanes) is 3. The molecule has 0 atom stereocenters. The molecule has 0 N–H and O–H groups in total. The second kappa shape index (κ2) is 8.15. The Hall–Kier alpha value is -0.990. The number of hydrogen-bond acceptors (Lipinski definition) is 3. The quantitative estimate of drug-likeness (QED) is 0.387. The Labute approximate surface area is 104 Å². The van der Waals surface area contributed by atoms with E-state index in [1.807, 2.05) is 6.92 Å². The van der Waals surface area contributed by atoms with Gasteiger partial charge in [-0.2, -0.15) is 0 Å². The van der Waals surface area contributed by atoms with Crippen molar-refractivity contribution in [2.45, 2.75) is 58.8 Å². The number of allylic oxidation sites excluding steroid dienone is 1. The number of carbonyl (C=O) groups is 1. The van der Waals surface area contributed by atoms with Gasteiger partial charge in [0.2, 0.25) is 0 Å². The zero-order valence-corrected chi connectivity index (χ0v) is 11.1. The van der Waals surface area contributed by atoms with Crippen molar-refractivity contribution in [2.75, 3.05) is 13.2 Å². The molecule has 0 radical (unpaired) electrons. The van der Waals surface area contributed by atoms with E-state index in [4.69, 9.17) is 9.47 Å². The van der Waals surface area contributed by atoms with Gasteiger partial charge in [0.15, 0.2) is 0 Å². The summed E-state index contributed by atoms with van der Waals surface area (Å²) in [5, 5.41) is 0. The summed E-state index contributed by atoms with van der Waals surface area (Å²) in [5.74, 6) is 0.695. The fourth-order valence-electron chi connectivity index (χ4n) is 2.04. The molecule has 0 amide bonds. The van der Waals surface area contributed by atoms with E-state index < -0.39 is 0 Å². The zero-order valence-electron chi connectivity index (χ0n) is 11.1. The minimum atomic E-state index is -0.180. The second-order valence-corrected chi connectivity index (χ2v) is 4.38. The van der Waals surface area contributed by atoms with Crippen LogP contribution < -0.4 is 0 Å². The molecule has 1 heterocycles. The fourth-order valence-corrected chi connectivity index (χ4v) is 2.04. The van der Waals surface area contributed by atoms with Crippen LogP contribution in [0.4, 0.5) is 0 Å². The third-order valence-electron chi connectivity index (χ3n) is 2.96. The van der Waals surface area contributed by atoms with E-state index in [1.165, 1.54) is 19.3 Å². The van der Waals surface area contributed by atoms with E-state index in [2.05, 4.69) is 6.92 Å². The van der Waals surface area contributed by atoms with Crippen molar-refractivity contribution < 1.29 is 14.3 Å². The van der Waals surface area contributed by atoms with E-state index in [0.29, 0.717) is 6.61 Å². The Morgan fingerprint density at radius 1 is 1.29 bits per heavy atom. The first-order valence-electron chi connectivity index (χ1n) is 6.81. The molecule has 0 aromatic heterocycles. The van der Waals surface area contributed by atoms with Crippen molar-refractivity contribution in [3.8, 4) is 0 Å². The highest BCUT2D eigenvalue weighted by atomic mass is 16.5. The average Bonchev–Trinajstić information content (AvgIpc) is 2.83. The van der Waals surface area contributed by atoms with Crippen LogP contribution in [0, 0.1) is 0 Å². The van der Waals surface area contributed by atoms with E-state index in [9.17, 15) is 4.79 Å². The van der Waals surface area contributed by atoms with Crippen LogP contribution in [0.3, 0.4) is 0 Å². The number of hydrogen-bond donors (Lipinski definition) is 0. The molecule has 0 spiro atoms. The van der Waals surface area contributed by atoms with Gasteiger partial charge in [-0.25, -0.2) is 4.79 Å². The predicted octanol–water partition coefficient (Wildman–Crippen LogP) is 3.58. The minimum Gasteiger partial charge on any atom is -0.497 e. The van der Waals surface area contributed by atoms with E-state index >= 15 is 0 Å². The van der Waals surface area contributed by atoms with Crippen LogP contribution in [0.25, 0.3) is 0 Å². The number of ether oxygens (including phenoxy) is 2. The molecular weight excluding hydrogens is 216 g/mol. The zero-order chi connectivity index (χ0) is 12.5. The molecule has 0 unspecified atom stereocenters. The first-order chi connectivity index (χ1) is 8.29. The van der Waals surface area contributed by atoms with Crippen LogP contribution in [0.1, 0.15) is 58.8 Å². The summed E-state index contributed by atoms with van der Waals surface area (Å²) in [4.78, 5) is 11.8. The second-order valence-electron chi connectivity index (χ2n) is 4.38. The highest BCUT2D eigenvalue weighted by molar-refractivity contribution is 5.89. The SMILES string of the molecule is CCCCCC/C(C(=O)OCC)=C1/CCCO1. The lowest BCUT2D eigenvalue weighted by Gasteiger charge is -2.10. The predicted molar refractivity (Wildman–Crippen MR) is 67.6 cm³/mol. The highest BCUT2D eigenvalue weighted by Gasteiger charge is 2.20. The largest absolute Gasteiger partial charge is 0.497 e. The van der Waals surface area contributed by atoms with Crippen molar-refractivity contribution in [1.29, 1.82) is 0 Å². The molecule has 3 heteroatoms. The molecule has 0 bridgehead atoms. The summed E-state index contributed by atoms with van der Waals surface area (Å²) in [6.45, 7) is 5.20. The number of carbonyl (C=O) groups excluding carboxylic acids is 1. The highest BCUT2D eigenvalue weighted by Crippen LogP contribution is 2.24. The molecular formula is C14H24O3. The van der Waals surface area contributed by atoms with Gasteiger partial charge in [0.25, 0.3) is 0 Å². The molecule has 3 nitrogen and oxygen atoms in total. The van der Waals surface area contributed by atoms with Crippen LogP contribution in [0.5, 0.6) is 0 Å². The van der Waals surface area contributed by atoms with Gasteiger partial charge in [-0.1, -0.05) is 26.2 Å². The average molecular weight is 240 g/mol. The van der Waals surface area contributed by atoms with Gasteiger partial charge in [-0.05, 0) is 26.2 Å². The first-order valence-corrected chi connectivity index (χ1v) is 6.81. The Kier molecular flexibility index (Phi) is 6.75. The molecule has 0 aromatic rings. The van der Waals surface area contributed by atoms with Crippen LogP contribution >= 0.6 is 0 Å². The molecule has 1 aliphatic heterocycles. The first kappa shape index (κ1) is 14.1. The lowest BCUT2D eigenvalue weighted by molar-refractivity contribution is -0.139. The van der Waals surface area contributed by atoms with E-state index in [0.717, 1.165) is 43.6 Å². The Balaban J connectivity index is 2.53. The summed E-state index contributed by atoms with van der Waals surface area (Å²) in [6.07, 6.45) is 7.37. The van der Waals surface area contributed by atoms with Gasteiger partial charge in [0.05, 0.1) is 18.8 Å². The minimum absolute atomic E-state index is 0.180. The molecule has 1 saturated heterocycles. The topological polar surface area (TPSA) is 35.5 Å². The summed E-state index contributed by atoms with van der Waals surface area (Å²) < 4.78 is 10.6. The molecule has 0 saturated carbocycles. The maximum atomic E-state index is 11.8. The third kappa shape index (κ3) is 4.80. The number of rotatable bonds is 7. The maximum absolute atomic E-state index is 11.8. The molecule has 0 aromatic carbocycles. The van der Waals surface area contributed by atoms with Crippen molar-refractivity contribution in [3.63, 3.8) is 0 Å². The van der Waals surface area contributed by atoms with Gasteiger partial charge in [0.1, 0.15) is 5.76 Å². The van der Waals surface area contributed by atoms with Gasteiger partial charge in [-0.3, -0.25) is 0 Å². The van der Waals surface area contributed by atoms with Crippen molar-refractivity contribution in [2.24, 2.45) is 0 Å². The normalized spacial score (nSPS) is 17.8. The van der Waals surface area contributed by atoms with Gasteiger partial charge in [0, 0.05) is 6.42 Å². The van der Waals surface area contributed by atoms with Crippen LogP contribution in [-0.2, 0) is 14.3 Å². The maximum Gasteiger partial charge on any atom is 0.337 e. The fraction of sp³-hybridized carbons (Fsp3) is 0.786. The standard InChI is InChI=1S/C14H24O3/c1-3-5-6-7-9-12(14(15)16-4-2)13-10-8-11-17-13/h3-11H2,1-2H3/b13-12+. The van der Waals surface area contributed by atoms with Gasteiger partial charge in [-0.15, -0.1) is 0 Å². The summed E-state index contributed by atoms with van der Waals surface area (Å²) in [7, 11) is 0. The monoisotopic (exact) mass is 240 g/mol. The van der Waals surface area contributed by atoms with Crippen LogP contribution in [0.2, 0.25) is 0 Å². The molecule has 1 fully saturated rings. The molecule has 1 rings (SSSR count). The smallest absolute Gasteiger partial charge is 0.337 e. The number of esters is 1. The lowest BCUT2D eigenvalue weighted by Crippen LogP contribution is -2.10. The van der Waals surface area contributed by atoms with Crippen LogP contribution in [-0.4, -0.2) is 19.2 Å². The molecule has 17 heavy (non-hydrogen) atoms. The Morgan fingerprint density at radius 3 is 2.71 bits per heavy atom. The molecule has 98 valence electrons. The van der Waals surface area contributed by atoms with Crippen molar-refractivity contribution >= 4 is 5.97 Å². The van der Waals surface area contributed by atoms with Crippen molar-refractivity contribution in [1.82, 2.24) is 0 Å². The molecule has 1 aliphatic rings. The third-order valence-corrected chi connectivity index (χ3v) is 2.96. The van der Waals surface area contributed by atoms with Crippen LogP contribution in [0.15, 0.2) is 11.3 Å². The van der Waals surface area contributed by atoms with Crippen molar-refractivity contribution in [3.05, 3.63) is 11.3 Å². The lowest BCUT2D eigenvalue weighted by atomic mass is 10.0. The summed E-state index contributed by atoms with van der Waals surface area (Å²) in [5.41, 5.74) is 0.778. The Bertz CT molecular complexity index is 261. The van der Waals surface area contributed by atoms with E-state index in [-0.39, 0.29) is 5.97 Å².